The highest BCUT2D eigenvalue weighted by Crippen LogP contribution is 2.36. The number of hydrogen-bond acceptors (Lipinski definition) is 6. The predicted octanol–water partition coefficient (Wildman–Crippen LogP) is 2.81. The van der Waals surface area contributed by atoms with Gasteiger partial charge in [0.1, 0.15) is 17.0 Å². The van der Waals surface area contributed by atoms with E-state index in [-0.39, 0.29) is 35.1 Å². The van der Waals surface area contributed by atoms with Crippen LogP contribution < -0.4 is 4.74 Å². The number of halogens is 3. The number of carbonyl (C=O) groups is 1. The molecule has 0 bridgehead atoms. The van der Waals surface area contributed by atoms with Gasteiger partial charge in [-0.2, -0.15) is 18.3 Å². The zero-order valence-electron chi connectivity index (χ0n) is 13.5. The highest BCUT2D eigenvalue weighted by Gasteiger charge is 2.33. The second-order valence-electron chi connectivity index (χ2n) is 4.98. The third-order valence-corrected chi connectivity index (χ3v) is 3.12. The molecule has 0 aromatic carbocycles. The van der Waals surface area contributed by atoms with Gasteiger partial charge >= 0.3 is 12.1 Å². The number of nitrogens with zero attached hydrogens (tertiary/aromatic N) is 3. The smallest absolute Gasteiger partial charge is 0.422 e. The van der Waals surface area contributed by atoms with E-state index in [9.17, 15) is 18.0 Å². The van der Waals surface area contributed by atoms with Crippen LogP contribution in [0.5, 0.6) is 5.88 Å². The Hall–Kier alpha value is -2.52. The molecule has 0 unspecified atom stereocenters. The first kappa shape index (κ1) is 17.8. The molecule has 0 N–H and O–H groups in total. The van der Waals surface area contributed by atoms with Gasteiger partial charge in [-0.25, -0.2) is 9.48 Å². The zero-order chi connectivity index (χ0) is 18.1. The molecule has 0 fully saturated rings. The average Bonchev–Trinajstić information content (AvgIpc) is 2.95. The van der Waals surface area contributed by atoms with E-state index < -0.39 is 18.8 Å². The number of ether oxygens (including phenoxy) is 2. The molecule has 0 atom stereocenters. The van der Waals surface area contributed by atoms with Crippen molar-refractivity contribution in [3.63, 3.8) is 0 Å². The lowest BCUT2D eigenvalue weighted by molar-refractivity contribution is -0.154. The summed E-state index contributed by atoms with van der Waals surface area (Å²) in [7, 11) is 1.43. The van der Waals surface area contributed by atoms with Crippen LogP contribution in [0.15, 0.2) is 4.52 Å². The summed E-state index contributed by atoms with van der Waals surface area (Å²) in [5.74, 6) is -0.659. The van der Waals surface area contributed by atoms with Crippen LogP contribution in [0.1, 0.15) is 28.7 Å². The summed E-state index contributed by atoms with van der Waals surface area (Å²) < 4.78 is 53.4. The van der Waals surface area contributed by atoms with E-state index in [1.165, 1.54) is 14.0 Å². The third kappa shape index (κ3) is 3.52. The van der Waals surface area contributed by atoms with E-state index in [4.69, 9.17) is 14.0 Å². The monoisotopic (exact) mass is 347 g/mol. The van der Waals surface area contributed by atoms with Gasteiger partial charge in [-0.15, -0.1) is 0 Å². The Bertz CT molecular complexity index is 749. The molecule has 132 valence electrons. The molecule has 0 aliphatic heterocycles. The van der Waals surface area contributed by atoms with Crippen LogP contribution >= 0.6 is 0 Å². The Morgan fingerprint density at radius 2 is 2.00 bits per heavy atom. The van der Waals surface area contributed by atoms with Crippen molar-refractivity contribution in [3.8, 4) is 17.1 Å². The molecule has 24 heavy (non-hydrogen) atoms. The van der Waals surface area contributed by atoms with Crippen LogP contribution in [0.3, 0.4) is 0 Å². The van der Waals surface area contributed by atoms with Gasteiger partial charge < -0.3 is 14.0 Å². The van der Waals surface area contributed by atoms with E-state index in [1.54, 1.807) is 13.8 Å². The van der Waals surface area contributed by atoms with E-state index in [1.807, 2.05) is 0 Å². The minimum Gasteiger partial charge on any atom is -0.468 e. The molecule has 0 aliphatic carbocycles. The van der Waals surface area contributed by atoms with Gasteiger partial charge in [0.15, 0.2) is 6.61 Å². The molecule has 2 aromatic heterocycles. The van der Waals surface area contributed by atoms with Gasteiger partial charge in [0, 0.05) is 7.05 Å². The highest BCUT2D eigenvalue weighted by atomic mass is 19.4. The largest absolute Gasteiger partial charge is 0.468 e. The van der Waals surface area contributed by atoms with Crippen molar-refractivity contribution in [2.24, 2.45) is 7.05 Å². The molecular weight excluding hydrogens is 331 g/mol. The summed E-state index contributed by atoms with van der Waals surface area (Å²) in [6.45, 7) is 3.34. The fourth-order valence-electron chi connectivity index (χ4n) is 2.21. The van der Waals surface area contributed by atoms with Crippen molar-refractivity contribution >= 4 is 5.97 Å². The van der Waals surface area contributed by atoms with Gasteiger partial charge in [-0.1, -0.05) is 5.16 Å². The fraction of sp³-hybridized carbons (Fsp3) is 0.500. The number of rotatable bonds is 5. The molecule has 0 saturated carbocycles. The maximum Gasteiger partial charge on any atom is 0.422 e. The maximum absolute atomic E-state index is 12.5. The van der Waals surface area contributed by atoms with Gasteiger partial charge in [0.05, 0.1) is 17.9 Å². The second-order valence-corrected chi connectivity index (χ2v) is 4.98. The molecule has 2 rings (SSSR count). The summed E-state index contributed by atoms with van der Waals surface area (Å²) in [6.07, 6.45) is -4.51. The lowest BCUT2D eigenvalue weighted by Gasteiger charge is -2.11. The molecule has 2 heterocycles. The molecule has 0 aliphatic rings. The number of aryl methyl sites for hydroxylation is 3. The predicted molar refractivity (Wildman–Crippen MR) is 75.7 cm³/mol. The summed E-state index contributed by atoms with van der Waals surface area (Å²) in [4.78, 5) is 12.1. The van der Waals surface area contributed by atoms with Crippen LogP contribution in [0.25, 0.3) is 11.3 Å². The molecule has 0 saturated heterocycles. The van der Waals surface area contributed by atoms with Crippen molar-refractivity contribution in [2.45, 2.75) is 26.9 Å². The molecule has 0 spiro atoms. The first-order valence-corrected chi connectivity index (χ1v) is 7.02. The molecule has 0 radical (unpaired) electrons. The number of hydrogen-bond donors (Lipinski definition) is 0. The van der Waals surface area contributed by atoms with Gasteiger partial charge in [-0.05, 0) is 20.8 Å². The van der Waals surface area contributed by atoms with Crippen LogP contribution in [0, 0.1) is 13.8 Å². The Kier molecular flexibility index (Phi) is 4.86. The highest BCUT2D eigenvalue weighted by molar-refractivity contribution is 5.98. The van der Waals surface area contributed by atoms with E-state index in [0.717, 1.165) is 4.68 Å². The summed E-state index contributed by atoms with van der Waals surface area (Å²) >= 11 is 0. The van der Waals surface area contributed by atoms with Crippen LogP contribution in [-0.4, -0.2) is 40.3 Å². The first-order valence-electron chi connectivity index (χ1n) is 7.02. The molecule has 10 heteroatoms. The number of aromatic nitrogens is 3. The number of alkyl halides is 3. The summed E-state index contributed by atoms with van der Waals surface area (Å²) in [6, 6.07) is 0. The Labute approximate surface area is 135 Å². The van der Waals surface area contributed by atoms with Crippen molar-refractivity contribution in [3.05, 3.63) is 17.0 Å². The third-order valence-electron chi connectivity index (χ3n) is 3.12. The lowest BCUT2D eigenvalue weighted by atomic mass is 10.1. The summed E-state index contributed by atoms with van der Waals surface area (Å²) in [5, 5.41) is 7.81. The second kappa shape index (κ2) is 6.54. The van der Waals surface area contributed by atoms with E-state index >= 15 is 0 Å². The van der Waals surface area contributed by atoms with Crippen molar-refractivity contribution in [2.75, 3.05) is 13.2 Å². The molecule has 2 aromatic rings. The lowest BCUT2D eigenvalue weighted by Crippen LogP contribution is -2.20. The Morgan fingerprint density at radius 1 is 1.33 bits per heavy atom. The van der Waals surface area contributed by atoms with Gasteiger partial charge in [0.25, 0.3) is 0 Å². The number of esters is 1. The normalized spacial score (nSPS) is 11.6. The van der Waals surface area contributed by atoms with Crippen molar-refractivity contribution in [1.29, 1.82) is 0 Å². The minimum atomic E-state index is -4.51. The molecule has 7 nitrogen and oxygen atoms in total. The fourth-order valence-corrected chi connectivity index (χ4v) is 2.21. The maximum atomic E-state index is 12.5. The zero-order valence-corrected chi connectivity index (χ0v) is 13.5. The Balaban J connectivity index is 2.52. The molecular formula is C14H16F3N3O4. The average molecular weight is 347 g/mol. The molecule has 0 amide bonds. The van der Waals surface area contributed by atoms with Crippen LogP contribution in [0.2, 0.25) is 0 Å². The standard InChI is InChI=1S/C14H16F3N3O4/c1-5-22-13(21)10-8(3)24-19-11(10)9-7(2)18-20(4)12(9)23-6-14(15,16)17/h5-6H2,1-4H3. The Morgan fingerprint density at radius 3 is 2.58 bits per heavy atom. The van der Waals surface area contributed by atoms with E-state index in [2.05, 4.69) is 10.3 Å². The van der Waals surface area contributed by atoms with Crippen molar-refractivity contribution < 1.29 is 32.0 Å². The SMILES string of the molecule is CCOC(=O)c1c(-c2c(C)nn(C)c2OCC(F)(F)F)noc1C. The topological polar surface area (TPSA) is 79.4 Å². The van der Waals surface area contributed by atoms with Gasteiger partial charge in [0.2, 0.25) is 5.88 Å². The van der Waals surface area contributed by atoms with Crippen LogP contribution in [-0.2, 0) is 11.8 Å². The van der Waals surface area contributed by atoms with Crippen LogP contribution in [0.4, 0.5) is 13.2 Å². The number of carbonyl (C=O) groups excluding carboxylic acids is 1. The van der Waals surface area contributed by atoms with Crippen molar-refractivity contribution in [1.82, 2.24) is 14.9 Å². The quantitative estimate of drug-likeness (QED) is 0.774. The summed E-state index contributed by atoms with van der Waals surface area (Å²) in [5.41, 5.74) is 0.564. The van der Waals surface area contributed by atoms with Gasteiger partial charge in [-0.3, -0.25) is 0 Å². The first-order chi connectivity index (χ1) is 11.2. The minimum absolute atomic E-state index is 0.0322. The van der Waals surface area contributed by atoms with E-state index in [0.29, 0.717) is 5.69 Å².